The normalized spacial score (nSPS) is 11.9. The van der Waals surface area contributed by atoms with Crippen molar-refractivity contribution in [3.8, 4) is 0 Å². The van der Waals surface area contributed by atoms with Crippen molar-refractivity contribution in [2.75, 3.05) is 0 Å². The molecule has 0 bridgehead atoms. The first-order valence-electron chi connectivity index (χ1n) is 4.50. The van der Waals surface area contributed by atoms with Crippen molar-refractivity contribution >= 4 is 26.9 Å². The van der Waals surface area contributed by atoms with E-state index < -0.39 is 10.1 Å². The highest BCUT2D eigenvalue weighted by Gasteiger charge is 2.16. The monoisotopic (exact) mass is 239 g/mol. The van der Waals surface area contributed by atoms with Crippen LogP contribution in [0.15, 0.2) is 35.4 Å². The summed E-state index contributed by atoms with van der Waals surface area (Å²) in [5, 5.41) is 0.334. The zero-order valence-corrected chi connectivity index (χ0v) is 9.23. The second-order valence-electron chi connectivity index (χ2n) is 3.37. The number of benzene rings is 1. The second kappa shape index (κ2) is 3.43. The molecule has 2 rings (SSSR count). The fraction of sp³-hybridized carbons (Fsp3) is 0.100. The maximum atomic E-state index is 11.2. The Kier molecular flexibility index (Phi) is 2.32. The number of rotatable bonds is 1. The zero-order chi connectivity index (χ0) is 11.9. The second-order valence-corrected chi connectivity index (χ2v) is 4.76. The first-order valence-corrected chi connectivity index (χ1v) is 5.94. The summed E-state index contributed by atoms with van der Waals surface area (Å²) in [7, 11) is -4.27. The van der Waals surface area contributed by atoms with Crippen molar-refractivity contribution in [2.24, 2.45) is 0 Å². The van der Waals surface area contributed by atoms with Crippen molar-refractivity contribution in [3.63, 3.8) is 0 Å². The van der Waals surface area contributed by atoms with Crippen LogP contribution in [0.1, 0.15) is 11.7 Å². The third-order valence-electron chi connectivity index (χ3n) is 2.31. The molecule has 6 heteroatoms. The molecule has 0 saturated carbocycles. The summed E-state index contributed by atoms with van der Waals surface area (Å²) in [6.45, 7) is 1.37. The van der Waals surface area contributed by atoms with Crippen molar-refractivity contribution in [1.82, 2.24) is 4.57 Å². The third kappa shape index (κ3) is 1.62. The molecule has 0 spiro atoms. The van der Waals surface area contributed by atoms with Crippen LogP contribution in [0.2, 0.25) is 0 Å². The minimum atomic E-state index is -4.27. The van der Waals surface area contributed by atoms with Gasteiger partial charge in [-0.2, -0.15) is 8.42 Å². The van der Waals surface area contributed by atoms with Crippen molar-refractivity contribution in [3.05, 3.63) is 30.5 Å². The highest BCUT2D eigenvalue weighted by atomic mass is 32.2. The van der Waals surface area contributed by atoms with Crippen LogP contribution in [0.25, 0.3) is 10.9 Å². The lowest BCUT2D eigenvalue weighted by molar-refractivity contribution is 0.0941. The minimum absolute atomic E-state index is 0.190. The fourth-order valence-corrected chi connectivity index (χ4v) is 2.34. The summed E-state index contributed by atoms with van der Waals surface area (Å²) in [5.74, 6) is -0.220. The molecular weight excluding hydrogens is 230 g/mol. The van der Waals surface area contributed by atoms with Gasteiger partial charge < -0.3 is 0 Å². The van der Waals surface area contributed by atoms with Gasteiger partial charge in [-0.05, 0) is 18.2 Å². The molecule has 0 aliphatic carbocycles. The van der Waals surface area contributed by atoms with Crippen LogP contribution in [-0.2, 0) is 10.1 Å². The maximum absolute atomic E-state index is 11.2. The van der Waals surface area contributed by atoms with E-state index in [1.165, 1.54) is 35.9 Å². The van der Waals surface area contributed by atoms with Gasteiger partial charge in [0.1, 0.15) is 4.90 Å². The minimum Gasteiger partial charge on any atom is -0.287 e. The van der Waals surface area contributed by atoms with Crippen LogP contribution in [0.4, 0.5) is 0 Å². The van der Waals surface area contributed by atoms with Crippen LogP contribution in [0, 0.1) is 0 Å². The van der Waals surface area contributed by atoms with E-state index >= 15 is 0 Å². The van der Waals surface area contributed by atoms with Crippen LogP contribution < -0.4 is 0 Å². The van der Waals surface area contributed by atoms with Crippen LogP contribution in [0.3, 0.4) is 0 Å². The van der Waals surface area contributed by atoms with E-state index in [9.17, 15) is 13.2 Å². The molecule has 2 aromatic rings. The van der Waals surface area contributed by atoms with E-state index in [0.717, 1.165) is 0 Å². The fourth-order valence-electron chi connectivity index (χ4n) is 1.64. The molecule has 0 saturated heterocycles. The van der Waals surface area contributed by atoms with Gasteiger partial charge in [0, 0.05) is 18.5 Å². The van der Waals surface area contributed by atoms with Gasteiger partial charge in [0.15, 0.2) is 0 Å². The molecule has 1 N–H and O–H groups in total. The Hall–Kier alpha value is -1.66. The van der Waals surface area contributed by atoms with E-state index in [4.69, 9.17) is 4.55 Å². The molecule has 0 amide bonds. The Labute approximate surface area is 92.1 Å². The van der Waals surface area contributed by atoms with Gasteiger partial charge in [-0.1, -0.05) is 6.07 Å². The highest BCUT2D eigenvalue weighted by Crippen LogP contribution is 2.23. The molecule has 0 unspecified atom stereocenters. The first kappa shape index (κ1) is 10.8. The summed E-state index contributed by atoms with van der Waals surface area (Å²) >= 11 is 0. The van der Waals surface area contributed by atoms with Crippen molar-refractivity contribution in [2.45, 2.75) is 11.8 Å². The van der Waals surface area contributed by atoms with E-state index in [1.807, 2.05) is 0 Å². The topological polar surface area (TPSA) is 76.4 Å². The molecule has 0 atom stereocenters. The number of nitrogens with zero attached hydrogens (tertiary/aromatic N) is 1. The Morgan fingerprint density at radius 2 is 2.00 bits per heavy atom. The van der Waals surface area contributed by atoms with Gasteiger partial charge >= 0.3 is 0 Å². The van der Waals surface area contributed by atoms with Gasteiger partial charge in [-0.3, -0.25) is 13.9 Å². The number of fused-ring (bicyclic) bond motifs is 1. The van der Waals surface area contributed by atoms with E-state index in [0.29, 0.717) is 10.9 Å². The van der Waals surface area contributed by atoms with Crippen molar-refractivity contribution < 1.29 is 17.8 Å². The summed E-state index contributed by atoms with van der Waals surface area (Å²) in [6, 6.07) is 5.87. The molecule has 0 aliphatic heterocycles. The Bertz CT molecular complexity index is 669. The summed E-state index contributed by atoms with van der Waals surface area (Å²) < 4.78 is 32.5. The number of hydrogen-bond donors (Lipinski definition) is 1. The van der Waals surface area contributed by atoms with E-state index in [-0.39, 0.29) is 10.8 Å². The van der Waals surface area contributed by atoms with Crippen LogP contribution in [0.5, 0.6) is 0 Å². The average molecular weight is 239 g/mol. The Morgan fingerprint density at radius 3 is 2.56 bits per heavy atom. The largest absolute Gasteiger partial charge is 0.295 e. The summed E-state index contributed by atoms with van der Waals surface area (Å²) in [6.07, 6.45) is 1.47. The van der Waals surface area contributed by atoms with Gasteiger partial charge in [0.25, 0.3) is 10.1 Å². The van der Waals surface area contributed by atoms with Gasteiger partial charge in [0.2, 0.25) is 5.91 Å². The molecule has 1 aromatic carbocycles. The summed E-state index contributed by atoms with van der Waals surface area (Å²) in [5.41, 5.74) is 0.461. The Balaban J connectivity index is 2.87. The molecule has 0 fully saturated rings. The molecule has 16 heavy (non-hydrogen) atoms. The number of aromatic nitrogens is 1. The van der Waals surface area contributed by atoms with E-state index in [1.54, 1.807) is 6.07 Å². The maximum Gasteiger partial charge on any atom is 0.295 e. The van der Waals surface area contributed by atoms with E-state index in [2.05, 4.69) is 0 Å². The molecule has 0 aliphatic rings. The standard InChI is InChI=1S/C10H9NO4S/c1-7(12)11-6-5-8-9(11)3-2-4-10(8)16(13,14)15/h2-6H,1H3,(H,13,14,15). The molecule has 5 nitrogen and oxygen atoms in total. The SMILES string of the molecule is CC(=O)n1ccc2c(S(=O)(=O)O)cccc21. The molecule has 0 radical (unpaired) electrons. The smallest absolute Gasteiger partial charge is 0.287 e. The summed E-state index contributed by atoms with van der Waals surface area (Å²) in [4.78, 5) is 11.0. The lowest BCUT2D eigenvalue weighted by atomic mass is 10.2. The van der Waals surface area contributed by atoms with Gasteiger partial charge in [0.05, 0.1) is 5.52 Å². The first-order chi connectivity index (χ1) is 7.41. The predicted molar refractivity (Wildman–Crippen MR) is 58.1 cm³/mol. The lowest BCUT2D eigenvalue weighted by Crippen LogP contribution is -2.04. The quantitative estimate of drug-likeness (QED) is 0.766. The molecular formula is C10H9NO4S. The van der Waals surface area contributed by atoms with Gasteiger partial charge in [-0.15, -0.1) is 0 Å². The number of carbonyl (C=O) groups is 1. The van der Waals surface area contributed by atoms with Gasteiger partial charge in [-0.25, -0.2) is 0 Å². The number of carbonyl (C=O) groups excluding carboxylic acids is 1. The third-order valence-corrected chi connectivity index (χ3v) is 3.22. The number of hydrogen-bond acceptors (Lipinski definition) is 3. The molecule has 84 valence electrons. The Morgan fingerprint density at radius 1 is 1.31 bits per heavy atom. The van der Waals surface area contributed by atoms with Crippen LogP contribution in [-0.4, -0.2) is 23.4 Å². The van der Waals surface area contributed by atoms with Crippen molar-refractivity contribution in [1.29, 1.82) is 0 Å². The average Bonchev–Trinajstić information content (AvgIpc) is 2.58. The zero-order valence-electron chi connectivity index (χ0n) is 8.41. The molecule has 1 aromatic heterocycles. The molecule has 1 heterocycles. The van der Waals surface area contributed by atoms with Crippen LogP contribution >= 0.6 is 0 Å². The lowest BCUT2D eigenvalue weighted by Gasteiger charge is -2.01. The predicted octanol–water partition coefficient (Wildman–Crippen LogP) is 1.55. The highest BCUT2D eigenvalue weighted by molar-refractivity contribution is 7.86.